The van der Waals surface area contributed by atoms with Crippen molar-refractivity contribution in [2.75, 3.05) is 0 Å². The molecule has 0 N–H and O–H groups in total. The van der Waals surface area contributed by atoms with Crippen LogP contribution in [-0.2, 0) is 16.1 Å². The second kappa shape index (κ2) is 21.3. The van der Waals surface area contributed by atoms with Crippen molar-refractivity contribution in [3.63, 3.8) is 0 Å². The summed E-state index contributed by atoms with van der Waals surface area (Å²) in [6, 6.07) is 3.76. The van der Waals surface area contributed by atoms with Crippen LogP contribution in [0.25, 0.3) is 0 Å². The Labute approximate surface area is 191 Å². The molecule has 0 aliphatic rings. The van der Waals surface area contributed by atoms with E-state index in [2.05, 4.69) is 36.2 Å². The predicted octanol–water partition coefficient (Wildman–Crippen LogP) is 8.50. The minimum atomic E-state index is -0.132. The number of hydrogen-bond acceptors (Lipinski definition) is 3. The van der Waals surface area contributed by atoms with E-state index in [1.807, 2.05) is 12.1 Å². The monoisotopic (exact) mass is 427 g/mol. The molecule has 0 saturated heterocycles. The van der Waals surface area contributed by atoms with E-state index in [1.165, 1.54) is 70.6 Å². The van der Waals surface area contributed by atoms with E-state index in [1.54, 1.807) is 12.4 Å². The van der Waals surface area contributed by atoms with Gasteiger partial charge in [-0.3, -0.25) is 9.78 Å². The van der Waals surface area contributed by atoms with Gasteiger partial charge in [-0.15, -0.1) is 0 Å². The van der Waals surface area contributed by atoms with E-state index in [-0.39, 0.29) is 5.97 Å². The fraction of sp³-hybridized carbons (Fsp3) is 0.643. The summed E-state index contributed by atoms with van der Waals surface area (Å²) in [5.74, 6) is -0.132. The zero-order valence-corrected chi connectivity index (χ0v) is 19.9. The third-order valence-electron chi connectivity index (χ3n) is 5.43. The molecule has 1 heterocycles. The average Bonchev–Trinajstić information content (AvgIpc) is 2.80. The first-order chi connectivity index (χ1) is 15.3. The van der Waals surface area contributed by atoms with Crippen molar-refractivity contribution >= 4 is 5.97 Å². The lowest BCUT2D eigenvalue weighted by Gasteiger charge is -2.03. The van der Waals surface area contributed by atoms with Crippen LogP contribution in [-0.4, -0.2) is 11.0 Å². The summed E-state index contributed by atoms with van der Waals surface area (Å²) in [5.41, 5.74) is 0.928. The van der Waals surface area contributed by atoms with E-state index in [0.717, 1.165) is 31.2 Å². The van der Waals surface area contributed by atoms with Gasteiger partial charge < -0.3 is 4.74 Å². The van der Waals surface area contributed by atoms with E-state index in [0.29, 0.717) is 13.0 Å². The number of allylic oxidation sites excluding steroid dienone is 4. The van der Waals surface area contributed by atoms with Gasteiger partial charge in [-0.05, 0) is 44.6 Å². The van der Waals surface area contributed by atoms with Crippen molar-refractivity contribution in [2.24, 2.45) is 0 Å². The molecule has 174 valence electrons. The molecule has 3 nitrogen and oxygen atoms in total. The summed E-state index contributed by atoms with van der Waals surface area (Å²) in [5, 5.41) is 0. The molecule has 0 bridgehead atoms. The highest BCUT2D eigenvalue weighted by atomic mass is 16.5. The van der Waals surface area contributed by atoms with E-state index in [9.17, 15) is 4.79 Å². The number of pyridine rings is 1. The minimum absolute atomic E-state index is 0.132. The molecule has 0 spiro atoms. The third kappa shape index (κ3) is 18.6. The highest BCUT2D eigenvalue weighted by molar-refractivity contribution is 5.69. The quantitative estimate of drug-likeness (QED) is 0.119. The second-order valence-corrected chi connectivity index (χ2v) is 8.41. The topological polar surface area (TPSA) is 39.2 Å². The van der Waals surface area contributed by atoms with Crippen molar-refractivity contribution in [1.82, 2.24) is 4.98 Å². The van der Waals surface area contributed by atoms with Crippen molar-refractivity contribution in [3.05, 3.63) is 54.4 Å². The van der Waals surface area contributed by atoms with Crippen LogP contribution in [0.3, 0.4) is 0 Å². The molecule has 0 radical (unpaired) electrons. The highest BCUT2D eigenvalue weighted by Gasteiger charge is 2.02. The Morgan fingerprint density at radius 2 is 1.39 bits per heavy atom. The maximum atomic E-state index is 11.7. The number of carbonyl (C=O) groups excluding carboxylic acids is 1. The Bertz CT molecular complexity index is 580. The van der Waals surface area contributed by atoms with Gasteiger partial charge >= 0.3 is 5.97 Å². The first-order valence-electron chi connectivity index (χ1n) is 12.7. The van der Waals surface area contributed by atoms with Gasteiger partial charge in [0.15, 0.2) is 0 Å². The molecule has 0 fully saturated rings. The van der Waals surface area contributed by atoms with Crippen molar-refractivity contribution in [3.8, 4) is 0 Å². The van der Waals surface area contributed by atoms with Gasteiger partial charge in [0.1, 0.15) is 6.61 Å². The van der Waals surface area contributed by atoms with Gasteiger partial charge in [0, 0.05) is 24.4 Å². The minimum Gasteiger partial charge on any atom is -0.461 e. The SMILES string of the molecule is CCCCCCCCCCCC/C=C\CC/C=C\CCCC(=O)OCc1cccnc1. The van der Waals surface area contributed by atoms with Gasteiger partial charge in [0.05, 0.1) is 0 Å². The predicted molar refractivity (Wildman–Crippen MR) is 132 cm³/mol. The Morgan fingerprint density at radius 3 is 2.00 bits per heavy atom. The maximum absolute atomic E-state index is 11.7. The third-order valence-corrected chi connectivity index (χ3v) is 5.43. The molecule has 3 heteroatoms. The Balaban J connectivity index is 1.82. The molecule has 0 aromatic carbocycles. The average molecular weight is 428 g/mol. The van der Waals surface area contributed by atoms with Crippen LogP contribution in [0, 0.1) is 0 Å². The maximum Gasteiger partial charge on any atom is 0.306 e. The smallest absolute Gasteiger partial charge is 0.306 e. The second-order valence-electron chi connectivity index (χ2n) is 8.41. The summed E-state index contributed by atoms with van der Waals surface area (Å²) >= 11 is 0. The Morgan fingerprint density at radius 1 is 0.806 bits per heavy atom. The van der Waals surface area contributed by atoms with Gasteiger partial charge in [-0.1, -0.05) is 95.1 Å². The van der Waals surface area contributed by atoms with Crippen LogP contribution in [0.1, 0.15) is 115 Å². The van der Waals surface area contributed by atoms with Gasteiger partial charge in [-0.25, -0.2) is 0 Å². The van der Waals surface area contributed by atoms with E-state index >= 15 is 0 Å². The molecule has 1 rings (SSSR count). The normalized spacial score (nSPS) is 11.5. The van der Waals surface area contributed by atoms with Crippen LogP contribution in [0.5, 0.6) is 0 Å². The number of carbonyl (C=O) groups is 1. The first kappa shape index (κ1) is 27.1. The lowest BCUT2D eigenvalue weighted by molar-refractivity contribution is -0.145. The fourth-order valence-corrected chi connectivity index (χ4v) is 3.50. The number of rotatable bonds is 20. The standard InChI is InChI=1S/C28H45NO2/c1-2-3-4-5-6-7-8-9-10-11-12-13-14-15-16-17-18-19-20-23-28(30)31-26-27-22-21-24-29-25-27/h13-14,17-18,21-22,24-25H,2-12,15-16,19-20,23,26H2,1H3/b14-13-,18-17-. The number of hydrogen-bond donors (Lipinski definition) is 0. The molecule has 0 amide bonds. The van der Waals surface area contributed by atoms with E-state index in [4.69, 9.17) is 4.74 Å². The van der Waals surface area contributed by atoms with Crippen LogP contribution < -0.4 is 0 Å². The molecule has 0 aliphatic carbocycles. The summed E-state index contributed by atoms with van der Waals surface area (Å²) in [4.78, 5) is 15.7. The lowest BCUT2D eigenvalue weighted by atomic mass is 10.1. The van der Waals surface area contributed by atoms with E-state index < -0.39 is 0 Å². The van der Waals surface area contributed by atoms with Crippen molar-refractivity contribution in [2.45, 2.75) is 116 Å². The number of aromatic nitrogens is 1. The molecular formula is C28H45NO2. The number of ether oxygens (including phenoxy) is 1. The molecule has 1 aromatic rings. The zero-order chi connectivity index (χ0) is 22.2. The zero-order valence-electron chi connectivity index (χ0n) is 19.9. The Kier molecular flexibility index (Phi) is 18.7. The van der Waals surface area contributed by atoms with Crippen molar-refractivity contribution in [1.29, 1.82) is 0 Å². The summed E-state index contributed by atoms with van der Waals surface area (Å²) in [7, 11) is 0. The molecule has 1 aromatic heterocycles. The molecule has 0 saturated carbocycles. The molecule has 31 heavy (non-hydrogen) atoms. The number of esters is 1. The fourth-order valence-electron chi connectivity index (χ4n) is 3.50. The molecular weight excluding hydrogens is 382 g/mol. The largest absolute Gasteiger partial charge is 0.461 e. The van der Waals surface area contributed by atoms with Gasteiger partial charge in [0.25, 0.3) is 0 Å². The van der Waals surface area contributed by atoms with Crippen LogP contribution in [0.2, 0.25) is 0 Å². The van der Waals surface area contributed by atoms with Gasteiger partial charge in [0.2, 0.25) is 0 Å². The number of nitrogens with zero attached hydrogens (tertiary/aromatic N) is 1. The van der Waals surface area contributed by atoms with Crippen LogP contribution in [0.4, 0.5) is 0 Å². The molecule has 0 atom stereocenters. The first-order valence-corrected chi connectivity index (χ1v) is 12.7. The van der Waals surface area contributed by atoms with Gasteiger partial charge in [-0.2, -0.15) is 0 Å². The van der Waals surface area contributed by atoms with Crippen LogP contribution >= 0.6 is 0 Å². The van der Waals surface area contributed by atoms with Crippen molar-refractivity contribution < 1.29 is 9.53 Å². The van der Waals surface area contributed by atoms with Crippen LogP contribution in [0.15, 0.2) is 48.8 Å². The molecule has 0 unspecified atom stereocenters. The number of unbranched alkanes of at least 4 members (excludes halogenated alkanes) is 12. The molecule has 0 aliphatic heterocycles. The summed E-state index contributed by atoms with van der Waals surface area (Å²) in [6.07, 6.45) is 32.2. The summed E-state index contributed by atoms with van der Waals surface area (Å²) < 4.78 is 5.25. The lowest BCUT2D eigenvalue weighted by Crippen LogP contribution is -2.04. The Hall–Kier alpha value is -1.90. The summed E-state index contributed by atoms with van der Waals surface area (Å²) in [6.45, 7) is 2.59. The highest BCUT2D eigenvalue weighted by Crippen LogP contribution is 2.11.